The van der Waals surface area contributed by atoms with Crippen LogP contribution >= 0.6 is 11.6 Å². The van der Waals surface area contributed by atoms with E-state index in [1.165, 1.54) is 0 Å². The van der Waals surface area contributed by atoms with E-state index in [1.54, 1.807) is 0 Å². The van der Waals surface area contributed by atoms with Gasteiger partial charge < -0.3 is 4.74 Å². The molecule has 0 unspecified atom stereocenters. The largest absolute Gasteiger partial charge is 0.418 e. The Morgan fingerprint density at radius 1 is 1.12 bits per heavy atom. The van der Waals surface area contributed by atoms with E-state index in [0.29, 0.717) is 6.08 Å². The maximum absolute atomic E-state index is 13.0. The Kier molecular flexibility index (Phi) is 3.54. The molecule has 2 nitrogen and oxygen atoms in total. The zero-order valence-electron chi connectivity index (χ0n) is 7.49. The first-order valence-corrected chi connectivity index (χ1v) is 4.13. The summed E-state index contributed by atoms with van der Waals surface area (Å²) in [4.78, 5) is 10.7. The number of benzene rings is 1. The van der Waals surface area contributed by atoms with Crippen LogP contribution in [0.3, 0.4) is 0 Å². The molecule has 0 aliphatic heterocycles. The van der Waals surface area contributed by atoms with E-state index < -0.39 is 40.0 Å². The first-order valence-electron chi connectivity index (χ1n) is 3.75. The minimum Gasteiger partial charge on any atom is -0.418 e. The normalized spacial score (nSPS) is 10.1. The molecule has 16 heavy (non-hydrogen) atoms. The number of esters is 1. The Labute approximate surface area is 92.1 Å². The van der Waals surface area contributed by atoms with Crippen LogP contribution in [-0.2, 0) is 4.79 Å². The quantitative estimate of drug-likeness (QED) is 0.203. The second-order valence-corrected chi connectivity index (χ2v) is 2.90. The predicted octanol–water partition coefficient (Wildman–Crippen LogP) is 2.99. The van der Waals surface area contributed by atoms with Gasteiger partial charge in [0.15, 0.2) is 17.4 Å². The lowest BCUT2D eigenvalue weighted by atomic mass is 10.3. The summed E-state index contributed by atoms with van der Waals surface area (Å²) in [5.41, 5.74) is 0. The molecule has 1 aromatic rings. The molecule has 0 bridgehead atoms. The number of ether oxygens (including phenoxy) is 1. The van der Waals surface area contributed by atoms with Crippen LogP contribution in [0.5, 0.6) is 5.75 Å². The number of halogens is 5. The number of carbonyl (C=O) groups excluding carboxylic acids is 1. The van der Waals surface area contributed by atoms with Gasteiger partial charge in [0.1, 0.15) is 5.02 Å². The molecule has 0 radical (unpaired) electrons. The Morgan fingerprint density at radius 2 is 1.62 bits per heavy atom. The second kappa shape index (κ2) is 4.52. The molecule has 0 saturated carbocycles. The molecule has 0 aliphatic carbocycles. The highest BCUT2D eigenvalue weighted by Crippen LogP contribution is 2.34. The van der Waals surface area contributed by atoms with Crippen LogP contribution in [-0.4, -0.2) is 5.97 Å². The number of rotatable bonds is 2. The molecule has 0 N–H and O–H groups in total. The van der Waals surface area contributed by atoms with E-state index in [-0.39, 0.29) is 0 Å². The topological polar surface area (TPSA) is 26.3 Å². The Morgan fingerprint density at radius 3 is 2.12 bits per heavy atom. The van der Waals surface area contributed by atoms with Gasteiger partial charge in [-0.05, 0) is 0 Å². The van der Waals surface area contributed by atoms with Gasteiger partial charge in [0.25, 0.3) is 0 Å². The molecular weight excluding hydrogens is 252 g/mol. The fourth-order valence-electron chi connectivity index (χ4n) is 0.817. The molecule has 0 atom stereocenters. The number of hydrogen-bond donors (Lipinski definition) is 0. The van der Waals surface area contributed by atoms with Gasteiger partial charge in [-0.1, -0.05) is 18.2 Å². The summed E-state index contributed by atoms with van der Waals surface area (Å²) in [6, 6.07) is 0. The molecule has 0 aliphatic rings. The molecule has 7 heteroatoms. The zero-order chi connectivity index (χ0) is 12.5. The van der Waals surface area contributed by atoms with E-state index in [9.17, 15) is 22.4 Å². The molecule has 0 spiro atoms. The first-order chi connectivity index (χ1) is 7.40. The van der Waals surface area contributed by atoms with Crippen molar-refractivity contribution in [3.8, 4) is 5.75 Å². The average Bonchev–Trinajstić information content (AvgIpc) is 2.29. The Hall–Kier alpha value is -1.56. The van der Waals surface area contributed by atoms with Gasteiger partial charge in [0.2, 0.25) is 11.6 Å². The van der Waals surface area contributed by atoms with Gasteiger partial charge in [0, 0.05) is 6.08 Å². The van der Waals surface area contributed by atoms with Crippen LogP contribution in [0.1, 0.15) is 0 Å². The maximum atomic E-state index is 13.0. The van der Waals surface area contributed by atoms with E-state index in [1.807, 2.05) is 0 Å². The summed E-state index contributed by atoms with van der Waals surface area (Å²) in [6.07, 6.45) is 0.620. The van der Waals surface area contributed by atoms with Crippen molar-refractivity contribution in [3.63, 3.8) is 0 Å². The molecular formula is C9H3ClF4O2. The van der Waals surface area contributed by atoms with Crippen molar-refractivity contribution in [2.75, 3.05) is 0 Å². The third kappa shape index (κ3) is 2.01. The van der Waals surface area contributed by atoms with Crippen LogP contribution < -0.4 is 4.74 Å². The molecule has 86 valence electrons. The Bertz CT molecular complexity index is 444. The highest BCUT2D eigenvalue weighted by Gasteiger charge is 2.26. The maximum Gasteiger partial charge on any atom is 0.335 e. The van der Waals surface area contributed by atoms with Crippen molar-refractivity contribution in [2.24, 2.45) is 0 Å². The monoisotopic (exact) mass is 254 g/mol. The van der Waals surface area contributed by atoms with E-state index in [0.717, 1.165) is 0 Å². The minimum absolute atomic E-state index is 0.620. The van der Waals surface area contributed by atoms with Crippen molar-refractivity contribution in [2.45, 2.75) is 0 Å². The summed E-state index contributed by atoms with van der Waals surface area (Å²) in [5.74, 6) is -10.3. The van der Waals surface area contributed by atoms with Crippen LogP contribution in [0.2, 0.25) is 5.02 Å². The smallest absolute Gasteiger partial charge is 0.335 e. The molecule has 0 amide bonds. The van der Waals surface area contributed by atoms with Crippen molar-refractivity contribution in [1.29, 1.82) is 0 Å². The second-order valence-electron chi connectivity index (χ2n) is 2.52. The SMILES string of the molecule is C=CC(=O)Oc1c(F)c(F)c(F)c(F)c1Cl. The molecule has 1 aromatic carbocycles. The number of carbonyl (C=O) groups is 1. The van der Waals surface area contributed by atoms with Gasteiger partial charge >= 0.3 is 5.97 Å². The van der Waals surface area contributed by atoms with Crippen molar-refractivity contribution < 1.29 is 27.1 Å². The van der Waals surface area contributed by atoms with Crippen LogP contribution in [0.15, 0.2) is 12.7 Å². The van der Waals surface area contributed by atoms with Gasteiger partial charge in [-0.3, -0.25) is 0 Å². The Balaban J connectivity index is 3.39. The van der Waals surface area contributed by atoms with Crippen molar-refractivity contribution in [3.05, 3.63) is 40.9 Å². The fraction of sp³-hybridized carbons (Fsp3) is 0. The number of hydrogen-bond acceptors (Lipinski definition) is 2. The van der Waals surface area contributed by atoms with Gasteiger partial charge in [-0.25, -0.2) is 18.0 Å². The van der Waals surface area contributed by atoms with Crippen LogP contribution in [0.25, 0.3) is 0 Å². The molecule has 0 saturated heterocycles. The van der Waals surface area contributed by atoms with E-state index >= 15 is 0 Å². The standard InChI is InChI=1S/C9H3ClF4O2/c1-2-3(15)16-9-4(10)5(11)6(12)7(13)8(9)14/h2H,1H2. The lowest BCUT2D eigenvalue weighted by Gasteiger charge is -2.07. The third-order valence-electron chi connectivity index (χ3n) is 1.54. The van der Waals surface area contributed by atoms with Crippen LogP contribution in [0, 0.1) is 23.3 Å². The molecule has 1 rings (SSSR count). The summed E-state index contributed by atoms with van der Waals surface area (Å²) >= 11 is 5.14. The van der Waals surface area contributed by atoms with Crippen LogP contribution in [0.4, 0.5) is 17.6 Å². The van der Waals surface area contributed by atoms with Gasteiger partial charge in [-0.2, -0.15) is 4.39 Å². The summed E-state index contributed by atoms with van der Waals surface area (Å²) in [5, 5.41) is -1.16. The minimum atomic E-state index is -2.12. The lowest BCUT2D eigenvalue weighted by Crippen LogP contribution is -2.09. The average molecular weight is 255 g/mol. The fourth-order valence-corrected chi connectivity index (χ4v) is 1.02. The summed E-state index contributed by atoms with van der Waals surface area (Å²) in [6.45, 7) is 2.98. The molecule has 0 heterocycles. The van der Waals surface area contributed by atoms with Gasteiger partial charge in [-0.15, -0.1) is 0 Å². The highest BCUT2D eigenvalue weighted by atomic mass is 35.5. The van der Waals surface area contributed by atoms with Crippen molar-refractivity contribution in [1.82, 2.24) is 0 Å². The van der Waals surface area contributed by atoms with E-state index in [4.69, 9.17) is 11.6 Å². The van der Waals surface area contributed by atoms with Crippen molar-refractivity contribution >= 4 is 17.6 Å². The highest BCUT2D eigenvalue weighted by molar-refractivity contribution is 6.32. The zero-order valence-corrected chi connectivity index (χ0v) is 8.25. The lowest BCUT2D eigenvalue weighted by molar-refractivity contribution is -0.129. The first kappa shape index (κ1) is 12.5. The molecule has 0 aromatic heterocycles. The third-order valence-corrected chi connectivity index (χ3v) is 1.88. The predicted molar refractivity (Wildman–Crippen MR) is 47.1 cm³/mol. The van der Waals surface area contributed by atoms with Gasteiger partial charge in [0.05, 0.1) is 0 Å². The summed E-state index contributed by atoms with van der Waals surface area (Å²) in [7, 11) is 0. The summed E-state index contributed by atoms with van der Waals surface area (Å²) < 4.78 is 55.3. The van der Waals surface area contributed by atoms with E-state index in [2.05, 4.69) is 11.3 Å². The molecule has 0 fully saturated rings.